The van der Waals surface area contributed by atoms with E-state index in [1.165, 1.54) is 17.7 Å². The van der Waals surface area contributed by atoms with Crippen LogP contribution in [0.2, 0.25) is 0 Å². The number of allylic oxidation sites excluding steroid dienone is 1. The number of hydrogen-bond acceptors (Lipinski definition) is 8. The predicted octanol–water partition coefficient (Wildman–Crippen LogP) is -0.434. The van der Waals surface area contributed by atoms with Crippen LogP contribution < -0.4 is 15.5 Å². The van der Waals surface area contributed by atoms with E-state index in [0.29, 0.717) is 17.4 Å². The van der Waals surface area contributed by atoms with Gasteiger partial charge in [0.15, 0.2) is 0 Å². The van der Waals surface area contributed by atoms with E-state index in [0.717, 1.165) is 12.8 Å². The Morgan fingerprint density at radius 2 is 2.12 bits per heavy atom. The second kappa shape index (κ2) is 9.97. The number of nitrogens with one attached hydrogen (secondary N) is 1. The Morgan fingerprint density at radius 3 is 2.68 bits per heavy atom. The summed E-state index contributed by atoms with van der Waals surface area (Å²) in [6.07, 6.45) is 0.316. The van der Waals surface area contributed by atoms with E-state index in [1.54, 1.807) is 25.1 Å². The summed E-state index contributed by atoms with van der Waals surface area (Å²) in [5, 5.41) is 44.5. The summed E-state index contributed by atoms with van der Waals surface area (Å²) in [6, 6.07) is 4.11. The van der Waals surface area contributed by atoms with Crippen LogP contribution in [0.15, 0.2) is 30.4 Å². The van der Waals surface area contributed by atoms with Crippen molar-refractivity contribution in [3.63, 3.8) is 0 Å². The van der Waals surface area contributed by atoms with Crippen LogP contribution in [0.1, 0.15) is 32.3 Å². The SMILES string of the molecule is C=C1C2C[C@@H]1C[C@H](NC(=O)C1[C@H]([C@H](C)O)[C@H](CO)ON1Cc1cccc(B(O)O)c1OC)[C@H]2C. The topological polar surface area (TPSA) is 132 Å². The molecular formula is C24H35BN2O7. The third kappa shape index (κ3) is 4.39. The molecule has 4 fully saturated rings. The van der Waals surface area contributed by atoms with Crippen LogP contribution in [-0.4, -0.2) is 76.4 Å². The normalized spacial score (nSPS) is 33.9. The zero-order valence-corrected chi connectivity index (χ0v) is 19.9. The zero-order chi connectivity index (χ0) is 24.7. The van der Waals surface area contributed by atoms with Gasteiger partial charge in [-0.2, -0.15) is 5.06 Å². The Morgan fingerprint density at radius 1 is 1.38 bits per heavy atom. The van der Waals surface area contributed by atoms with E-state index in [9.17, 15) is 25.1 Å². The molecule has 1 amide bonds. The van der Waals surface area contributed by atoms with Crippen molar-refractivity contribution in [2.75, 3.05) is 13.7 Å². The molecular weight excluding hydrogens is 439 g/mol. The molecule has 0 radical (unpaired) electrons. The maximum absolute atomic E-state index is 13.6. The van der Waals surface area contributed by atoms with Crippen LogP contribution in [0.25, 0.3) is 0 Å². The van der Waals surface area contributed by atoms with Crippen LogP contribution in [0.4, 0.5) is 0 Å². The molecule has 1 aliphatic heterocycles. The van der Waals surface area contributed by atoms with Gasteiger partial charge < -0.3 is 30.3 Å². The van der Waals surface area contributed by atoms with Crippen molar-refractivity contribution in [1.29, 1.82) is 0 Å². The molecule has 34 heavy (non-hydrogen) atoms. The van der Waals surface area contributed by atoms with Gasteiger partial charge in [-0.05, 0) is 37.5 Å². The molecule has 3 aliphatic carbocycles. The first-order valence-corrected chi connectivity index (χ1v) is 11.9. The van der Waals surface area contributed by atoms with Gasteiger partial charge >= 0.3 is 7.12 Å². The summed E-state index contributed by atoms with van der Waals surface area (Å²) in [4.78, 5) is 19.6. The summed E-state index contributed by atoms with van der Waals surface area (Å²) in [5.41, 5.74) is 2.06. The molecule has 1 aromatic rings. The summed E-state index contributed by atoms with van der Waals surface area (Å²) in [7, 11) is -0.295. The zero-order valence-electron chi connectivity index (χ0n) is 19.9. The van der Waals surface area contributed by atoms with Crippen LogP contribution in [0, 0.1) is 23.7 Å². The number of hydroxylamine groups is 2. The van der Waals surface area contributed by atoms with Gasteiger partial charge in [0.2, 0.25) is 5.91 Å². The van der Waals surface area contributed by atoms with Gasteiger partial charge in [0.25, 0.3) is 0 Å². The number of methoxy groups -OCH3 is 1. The fraction of sp³-hybridized carbons (Fsp3) is 0.625. The number of para-hydroxylation sites is 1. The number of carbonyl (C=O) groups is 1. The van der Waals surface area contributed by atoms with Gasteiger partial charge in [0.05, 0.1) is 26.4 Å². The van der Waals surface area contributed by atoms with Crippen molar-refractivity contribution < 1.29 is 34.6 Å². The van der Waals surface area contributed by atoms with Gasteiger partial charge in [0, 0.05) is 23.0 Å². The standard InChI is InChI=1S/C24H35BN2O7/c1-12-16-8-17(12)13(2)19(9-16)26-24(30)22-21(14(3)29)20(11-28)34-27(22)10-15-6-5-7-18(25(31)32)23(15)33-4/h5-7,13-14,16-17,19-22,28-29,31-32H,1,8-11H2,2-4H3,(H,26,30)/t13-,14-,16+,17?,19-,20-,21+,22?/m0/s1. The highest BCUT2D eigenvalue weighted by Gasteiger charge is 2.52. The Balaban J connectivity index is 1.59. The summed E-state index contributed by atoms with van der Waals surface area (Å²) < 4.78 is 5.42. The first kappa shape index (κ1) is 25.2. The number of aliphatic hydroxyl groups excluding tert-OH is 2. The van der Waals surface area contributed by atoms with E-state index in [2.05, 4.69) is 18.8 Å². The third-order valence-corrected chi connectivity index (χ3v) is 7.99. The molecule has 0 spiro atoms. The van der Waals surface area contributed by atoms with Crippen molar-refractivity contribution in [1.82, 2.24) is 10.4 Å². The van der Waals surface area contributed by atoms with Crippen molar-refractivity contribution in [3.05, 3.63) is 35.9 Å². The van der Waals surface area contributed by atoms with Crippen LogP contribution in [0.3, 0.4) is 0 Å². The number of ether oxygens (including phenoxy) is 1. The Labute approximate surface area is 200 Å². The van der Waals surface area contributed by atoms with Gasteiger partial charge in [-0.15, -0.1) is 0 Å². The molecule has 5 rings (SSSR count). The minimum absolute atomic E-state index is 0.00817. The van der Waals surface area contributed by atoms with Crippen molar-refractivity contribution in [2.24, 2.45) is 23.7 Å². The molecule has 10 heteroatoms. The summed E-state index contributed by atoms with van der Waals surface area (Å²) >= 11 is 0. The van der Waals surface area contributed by atoms with E-state index in [4.69, 9.17) is 9.57 Å². The summed E-state index contributed by atoms with van der Waals surface area (Å²) in [6.45, 7) is 7.65. The third-order valence-electron chi connectivity index (χ3n) is 7.99. The largest absolute Gasteiger partial charge is 0.497 e. The lowest BCUT2D eigenvalue weighted by Crippen LogP contribution is -2.57. The van der Waals surface area contributed by atoms with E-state index in [1.807, 2.05) is 0 Å². The Hall–Kier alpha value is -1.95. The Bertz CT molecular complexity index is 927. The number of carbonyl (C=O) groups excluding carboxylic acids is 1. The second-order valence-corrected chi connectivity index (χ2v) is 9.90. The monoisotopic (exact) mass is 474 g/mol. The maximum Gasteiger partial charge on any atom is 0.492 e. The van der Waals surface area contributed by atoms with Gasteiger partial charge in [0.1, 0.15) is 17.9 Å². The lowest BCUT2D eigenvalue weighted by atomic mass is 9.56. The first-order valence-electron chi connectivity index (χ1n) is 11.9. The van der Waals surface area contributed by atoms with E-state index < -0.39 is 31.3 Å². The second-order valence-electron chi connectivity index (χ2n) is 9.90. The van der Waals surface area contributed by atoms with Crippen molar-refractivity contribution in [2.45, 2.75) is 57.5 Å². The van der Waals surface area contributed by atoms with Crippen LogP contribution >= 0.6 is 0 Å². The van der Waals surface area contributed by atoms with E-state index in [-0.39, 0.29) is 42.2 Å². The number of amides is 1. The highest BCUT2D eigenvalue weighted by molar-refractivity contribution is 6.59. The van der Waals surface area contributed by atoms with Crippen molar-refractivity contribution >= 4 is 18.5 Å². The molecule has 1 heterocycles. The molecule has 0 aromatic heterocycles. The number of nitrogens with zero attached hydrogens (tertiary/aromatic N) is 1. The smallest absolute Gasteiger partial charge is 0.492 e. The highest BCUT2D eigenvalue weighted by Crippen LogP contribution is 2.52. The molecule has 1 aromatic carbocycles. The molecule has 2 bridgehead atoms. The average Bonchev–Trinajstić information content (AvgIpc) is 3.18. The maximum atomic E-state index is 13.6. The average molecular weight is 474 g/mol. The Kier molecular flexibility index (Phi) is 7.37. The first-order chi connectivity index (χ1) is 16.2. The van der Waals surface area contributed by atoms with Crippen molar-refractivity contribution in [3.8, 4) is 5.75 Å². The molecule has 3 saturated carbocycles. The molecule has 186 valence electrons. The molecule has 9 nitrogen and oxygen atoms in total. The molecule has 4 aliphatic rings. The lowest BCUT2D eigenvalue weighted by molar-refractivity contribution is -0.182. The molecule has 1 saturated heterocycles. The molecule has 2 unspecified atom stereocenters. The fourth-order valence-electron chi connectivity index (χ4n) is 6.04. The minimum atomic E-state index is -1.72. The quantitative estimate of drug-likeness (QED) is 0.253. The van der Waals surface area contributed by atoms with Crippen LogP contribution in [0.5, 0.6) is 5.75 Å². The predicted molar refractivity (Wildman–Crippen MR) is 126 cm³/mol. The number of hydrogen-bond donors (Lipinski definition) is 5. The number of fused-ring (bicyclic) bond motifs is 2. The number of aliphatic hydroxyl groups is 2. The van der Waals surface area contributed by atoms with Gasteiger partial charge in [-0.3, -0.25) is 9.63 Å². The number of benzene rings is 1. The minimum Gasteiger partial charge on any atom is -0.497 e. The fourth-order valence-corrected chi connectivity index (χ4v) is 6.04. The van der Waals surface area contributed by atoms with Crippen LogP contribution in [-0.2, 0) is 16.2 Å². The van der Waals surface area contributed by atoms with Gasteiger partial charge in [-0.1, -0.05) is 37.3 Å². The van der Waals surface area contributed by atoms with E-state index >= 15 is 0 Å². The number of rotatable bonds is 8. The molecule has 5 N–H and O–H groups in total. The lowest BCUT2D eigenvalue weighted by Gasteiger charge is -2.52. The van der Waals surface area contributed by atoms with Gasteiger partial charge in [-0.25, -0.2) is 0 Å². The summed E-state index contributed by atoms with van der Waals surface area (Å²) in [5.74, 6) is 0.514. The highest BCUT2D eigenvalue weighted by atomic mass is 16.7. The molecule has 8 atom stereocenters.